The van der Waals surface area contributed by atoms with E-state index in [9.17, 15) is 9.50 Å². The van der Waals surface area contributed by atoms with Gasteiger partial charge in [-0.15, -0.1) is 0 Å². The number of rotatable bonds is 9. The van der Waals surface area contributed by atoms with Gasteiger partial charge in [0.1, 0.15) is 12.4 Å². The van der Waals surface area contributed by atoms with Crippen LogP contribution in [0.2, 0.25) is 0 Å². The van der Waals surface area contributed by atoms with Gasteiger partial charge in [-0.1, -0.05) is 12.1 Å². The molecule has 10 heteroatoms. The number of nitrogens with zero attached hydrogens (tertiary/aromatic N) is 5. The molecule has 0 aliphatic carbocycles. The topological polar surface area (TPSA) is 67.9 Å². The molecular weight excluding hydrogens is 457 g/mol. The Bertz CT molecular complexity index is 1140. The second kappa shape index (κ2) is 11.0. The summed E-state index contributed by atoms with van der Waals surface area (Å²) in [5, 5.41) is 14.2. The van der Waals surface area contributed by atoms with Crippen molar-refractivity contribution < 1.29 is 19.0 Å². The molecule has 3 aromatic rings. The van der Waals surface area contributed by atoms with E-state index in [0.717, 1.165) is 31.9 Å². The fourth-order valence-corrected chi connectivity index (χ4v) is 4.50. The minimum absolute atomic E-state index is 0.0446. The predicted octanol–water partition coefficient (Wildman–Crippen LogP) is 3.82. The molecule has 1 unspecified atom stereocenters. The highest BCUT2D eigenvalue weighted by atomic mass is 32.1. The van der Waals surface area contributed by atoms with Crippen LogP contribution in [0.5, 0.6) is 11.5 Å². The van der Waals surface area contributed by atoms with Gasteiger partial charge in [0.2, 0.25) is 0 Å². The van der Waals surface area contributed by atoms with Crippen molar-refractivity contribution in [1.82, 2.24) is 19.2 Å². The maximum atomic E-state index is 14.0. The van der Waals surface area contributed by atoms with Crippen LogP contribution in [0.25, 0.3) is 0 Å². The van der Waals surface area contributed by atoms with Crippen molar-refractivity contribution >= 4 is 17.9 Å². The standard InChI is InChI=1S/C24H30FN5O3S/c1-18(15-32-2)30-23(16-33-22-6-4-3-5-21(22)25)26-29(24(30)34)17-27-11-13-28(14-12-27)19-7-9-20(31)10-8-19/h3-10,18,31H,11-17H2,1-2H3. The lowest BCUT2D eigenvalue weighted by atomic mass is 10.2. The minimum atomic E-state index is -0.413. The van der Waals surface area contributed by atoms with Crippen LogP contribution in [0, 0.1) is 10.6 Å². The number of halogens is 1. The lowest BCUT2D eigenvalue weighted by molar-refractivity contribution is 0.156. The van der Waals surface area contributed by atoms with Crippen LogP contribution in [0.1, 0.15) is 18.8 Å². The molecule has 182 valence electrons. The molecule has 1 saturated heterocycles. The van der Waals surface area contributed by atoms with Crippen molar-refractivity contribution in [2.24, 2.45) is 0 Å². The zero-order chi connectivity index (χ0) is 24.1. The lowest BCUT2D eigenvalue weighted by Crippen LogP contribution is -2.47. The summed E-state index contributed by atoms with van der Waals surface area (Å²) in [7, 11) is 1.65. The molecule has 34 heavy (non-hydrogen) atoms. The van der Waals surface area contributed by atoms with Crippen LogP contribution in [0.15, 0.2) is 48.5 Å². The average molecular weight is 488 g/mol. The molecule has 4 rings (SSSR count). The zero-order valence-electron chi connectivity index (χ0n) is 19.4. The van der Waals surface area contributed by atoms with Crippen LogP contribution >= 0.6 is 12.2 Å². The summed E-state index contributed by atoms with van der Waals surface area (Å²) in [6.07, 6.45) is 0. The van der Waals surface area contributed by atoms with E-state index >= 15 is 0 Å². The molecule has 8 nitrogen and oxygen atoms in total. The highest BCUT2D eigenvalue weighted by Crippen LogP contribution is 2.21. The van der Waals surface area contributed by atoms with Crippen molar-refractivity contribution in [1.29, 1.82) is 0 Å². The van der Waals surface area contributed by atoms with Crippen LogP contribution in [-0.4, -0.2) is 64.2 Å². The van der Waals surface area contributed by atoms with Gasteiger partial charge in [-0.05, 0) is 55.5 Å². The fourth-order valence-electron chi connectivity index (χ4n) is 4.12. The van der Waals surface area contributed by atoms with Gasteiger partial charge in [-0.2, -0.15) is 5.10 Å². The molecule has 0 saturated carbocycles. The Balaban J connectivity index is 1.46. The summed E-state index contributed by atoms with van der Waals surface area (Å²) < 4.78 is 29.4. The Morgan fingerprint density at radius 1 is 1.09 bits per heavy atom. The van der Waals surface area contributed by atoms with Gasteiger partial charge in [0.15, 0.2) is 22.2 Å². The number of hydrogen-bond donors (Lipinski definition) is 1. The van der Waals surface area contributed by atoms with Crippen LogP contribution in [0.3, 0.4) is 0 Å². The van der Waals surface area contributed by atoms with Crippen molar-refractivity contribution in [3.63, 3.8) is 0 Å². The highest BCUT2D eigenvalue weighted by Gasteiger charge is 2.21. The number of piperazine rings is 1. The predicted molar refractivity (Wildman–Crippen MR) is 130 cm³/mol. The number of methoxy groups -OCH3 is 1. The second-order valence-electron chi connectivity index (χ2n) is 8.35. The maximum absolute atomic E-state index is 14.0. The third-order valence-corrected chi connectivity index (χ3v) is 6.31. The number of hydrogen-bond acceptors (Lipinski definition) is 7. The van der Waals surface area contributed by atoms with E-state index in [0.29, 0.717) is 23.9 Å². The third kappa shape index (κ3) is 5.57. The molecule has 0 spiro atoms. The quantitative estimate of drug-likeness (QED) is 0.460. The molecule has 0 amide bonds. The molecule has 1 aliphatic heterocycles. The smallest absolute Gasteiger partial charge is 0.199 e. The minimum Gasteiger partial charge on any atom is -0.508 e. The van der Waals surface area contributed by atoms with Gasteiger partial charge >= 0.3 is 0 Å². The van der Waals surface area contributed by atoms with E-state index in [1.54, 1.807) is 42.1 Å². The molecule has 1 aromatic heterocycles. The van der Waals surface area contributed by atoms with Crippen LogP contribution < -0.4 is 9.64 Å². The van der Waals surface area contributed by atoms with E-state index in [4.69, 9.17) is 26.8 Å². The van der Waals surface area contributed by atoms with Gasteiger partial charge < -0.3 is 19.5 Å². The normalized spacial score (nSPS) is 15.4. The molecule has 1 aliphatic rings. The summed E-state index contributed by atoms with van der Waals surface area (Å²) in [5.41, 5.74) is 1.10. The monoisotopic (exact) mass is 487 g/mol. The largest absolute Gasteiger partial charge is 0.508 e. The first-order valence-electron chi connectivity index (χ1n) is 11.3. The summed E-state index contributed by atoms with van der Waals surface area (Å²) in [5.74, 6) is 0.660. The first-order valence-corrected chi connectivity index (χ1v) is 11.7. The number of anilines is 1. The molecular formula is C24H30FN5O3S. The van der Waals surface area contributed by atoms with E-state index in [1.807, 2.05) is 23.6 Å². The number of para-hydroxylation sites is 1. The van der Waals surface area contributed by atoms with Crippen molar-refractivity contribution in [2.75, 3.05) is 44.8 Å². The van der Waals surface area contributed by atoms with Crippen LogP contribution in [0.4, 0.5) is 10.1 Å². The number of aromatic hydroxyl groups is 1. The number of ether oxygens (including phenoxy) is 2. The SMILES string of the molecule is COCC(C)n1c(COc2ccccc2F)nn(CN2CCN(c3ccc(O)cc3)CC2)c1=S. The molecule has 1 N–H and O–H groups in total. The third-order valence-electron chi connectivity index (χ3n) is 5.90. The molecule has 2 heterocycles. The van der Waals surface area contributed by atoms with E-state index in [-0.39, 0.29) is 24.1 Å². The number of aromatic nitrogens is 3. The van der Waals surface area contributed by atoms with Gasteiger partial charge in [0.05, 0.1) is 19.3 Å². The molecule has 0 bridgehead atoms. The Labute approximate surface area is 203 Å². The Kier molecular flexibility index (Phi) is 7.81. The first kappa shape index (κ1) is 24.2. The van der Waals surface area contributed by atoms with Crippen LogP contribution in [-0.2, 0) is 18.0 Å². The molecule has 0 radical (unpaired) electrons. The summed E-state index contributed by atoms with van der Waals surface area (Å²) in [6.45, 7) is 6.56. The highest BCUT2D eigenvalue weighted by molar-refractivity contribution is 7.71. The number of phenolic OH excluding ortho intramolecular Hbond substituents is 1. The van der Waals surface area contributed by atoms with Crippen molar-refractivity contribution in [2.45, 2.75) is 26.2 Å². The Morgan fingerprint density at radius 2 is 1.79 bits per heavy atom. The van der Waals surface area contributed by atoms with E-state index in [1.165, 1.54) is 6.07 Å². The van der Waals surface area contributed by atoms with Gasteiger partial charge in [-0.3, -0.25) is 9.47 Å². The second-order valence-corrected chi connectivity index (χ2v) is 8.72. The molecule has 2 aromatic carbocycles. The number of phenols is 1. The van der Waals surface area contributed by atoms with E-state index in [2.05, 4.69) is 9.80 Å². The summed E-state index contributed by atoms with van der Waals surface area (Å²) in [6, 6.07) is 13.6. The summed E-state index contributed by atoms with van der Waals surface area (Å²) >= 11 is 5.76. The fraction of sp³-hybridized carbons (Fsp3) is 0.417. The number of benzene rings is 2. The maximum Gasteiger partial charge on any atom is 0.199 e. The Morgan fingerprint density at radius 3 is 2.47 bits per heavy atom. The van der Waals surface area contributed by atoms with Gasteiger partial charge in [0.25, 0.3) is 0 Å². The first-order chi connectivity index (χ1) is 16.5. The lowest BCUT2D eigenvalue weighted by Gasteiger charge is -2.35. The average Bonchev–Trinajstić information content (AvgIpc) is 3.14. The van der Waals surface area contributed by atoms with E-state index < -0.39 is 5.82 Å². The van der Waals surface area contributed by atoms with Crippen molar-refractivity contribution in [3.05, 3.63) is 64.9 Å². The van der Waals surface area contributed by atoms with Gasteiger partial charge in [0, 0.05) is 39.0 Å². The zero-order valence-corrected chi connectivity index (χ0v) is 20.2. The van der Waals surface area contributed by atoms with Crippen molar-refractivity contribution in [3.8, 4) is 11.5 Å². The Hall–Kier alpha value is -2.95. The molecule has 1 atom stereocenters. The summed E-state index contributed by atoms with van der Waals surface area (Å²) in [4.78, 5) is 4.59. The van der Waals surface area contributed by atoms with Gasteiger partial charge in [-0.25, -0.2) is 9.07 Å². The molecule has 1 fully saturated rings.